The third-order valence-electron chi connectivity index (χ3n) is 0. The first-order valence-corrected chi connectivity index (χ1v) is 1.57. The van der Waals surface area contributed by atoms with E-state index in [1.807, 2.05) is 0 Å². The second-order valence-corrected chi connectivity index (χ2v) is 1.56. The van der Waals surface area contributed by atoms with Crippen molar-refractivity contribution in [1.82, 2.24) is 6.15 Å². The fourth-order valence-corrected chi connectivity index (χ4v) is 0. The van der Waals surface area contributed by atoms with E-state index in [0.717, 1.165) is 0 Å². The Morgan fingerprint density at radius 3 is 1.67 bits per heavy atom. The SMILES string of the molecule is N.NC(=S)S.[Zn]. The summed E-state index contributed by atoms with van der Waals surface area (Å²) in [5, 5.41) is 0. The average molecular weight is 176 g/mol. The summed E-state index contributed by atoms with van der Waals surface area (Å²) < 4.78 is 0.194. The van der Waals surface area contributed by atoms with Crippen LogP contribution in [0.4, 0.5) is 0 Å². The summed E-state index contributed by atoms with van der Waals surface area (Å²) in [4.78, 5) is 0. The van der Waals surface area contributed by atoms with Crippen LogP contribution in [0.5, 0.6) is 0 Å². The fraction of sp³-hybridized carbons (Fsp3) is 0. The number of hydrogen-bond acceptors (Lipinski definition) is 2. The molecule has 0 aromatic rings. The van der Waals surface area contributed by atoms with Crippen molar-refractivity contribution in [2.75, 3.05) is 0 Å². The maximum absolute atomic E-state index is 4.71. The second-order valence-electron chi connectivity index (χ2n) is 0.338. The molecule has 34 valence electrons. The molecule has 0 aliphatic carbocycles. The summed E-state index contributed by atoms with van der Waals surface area (Å²) in [5.74, 6) is 0. The van der Waals surface area contributed by atoms with Crippen molar-refractivity contribution < 1.29 is 19.5 Å². The standard InChI is InChI=1S/CH3NS2.H3N.Zn/c2-1(3)4;;/h(H3,2,3,4);1H3;. The minimum absolute atomic E-state index is 0. The van der Waals surface area contributed by atoms with E-state index in [1.54, 1.807) is 0 Å². The molecule has 0 spiro atoms. The Morgan fingerprint density at radius 2 is 1.67 bits per heavy atom. The molecule has 0 aliphatic rings. The first kappa shape index (κ1) is 15.8. The molecule has 0 saturated carbocycles. The average Bonchev–Trinajstić information content (AvgIpc) is 0.811. The van der Waals surface area contributed by atoms with Crippen LogP contribution in [0.2, 0.25) is 0 Å². The van der Waals surface area contributed by atoms with Crippen molar-refractivity contribution >= 4 is 29.2 Å². The number of thiocarbonyl (C=S) groups is 1. The number of rotatable bonds is 0. The zero-order valence-electron chi connectivity index (χ0n) is 3.35. The van der Waals surface area contributed by atoms with Crippen LogP contribution in [-0.2, 0) is 19.5 Å². The summed E-state index contributed by atoms with van der Waals surface area (Å²) in [5.41, 5.74) is 4.71. The van der Waals surface area contributed by atoms with Gasteiger partial charge in [0.15, 0.2) is 0 Å². The van der Waals surface area contributed by atoms with Crippen molar-refractivity contribution in [2.24, 2.45) is 5.73 Å². The van der Waals surface area contributed by atoms with Gasteiger partial charge in [0.05, 0.1) is 0 Å². The van der Waals surface area contributed by atoms with E-state index >= 15 is 0 Å². The zero-order chi connectivity index (χ0) is 3.58. The summed E-state index contributed by atoms with van der Waals surface area (Å²) in [6.07, 6.45) is 0. The zero-order valence-corrected chi connectivity index (χ0v) is 8.03. The van der Waals surface area contributed by atoms with Gasteiger partial charge >= 0.3 is 0 Å². The fourth-order valence-electron chi connectivity index (χ4n) is 0. The third kappa shape index (κ3) is 104. The Kier molecular flexibility index (Phi) is 24.5. The molecule has 0 aromatic carbocycles. The third-order valence-corrected chi connectivity index (χ3v) is 0. The quantitative estimate of drug-likeness (QED) is 0.282. The van der Waals surface area contributed by atoms with Crippen LogP contribution in [0.25, 0.3) is 0 Å². The molecule has 0 radical (unpaired) electrons. The van der Waals surface area contributed by atoms with Crippen molar-refractivity contribution in [3.8, 4) is 0 Å². The summed E-state index contributed by atoms with van der Waals surface area (Å²) in [6, 6.07) is 0. The Hall–Kier alpha value is 0.823. The van der Waals surface area contributed by atoms with Crippen LogP contribution in [0.3, 0.4) is 0 Å². The molecule has 0 saturated heterocycles. The maximum Gasteiger partial charge on any atom is 0.128 e. The minimum atomic E-state index is 0. The van der Waals surface area contributed by atoms with Crippen LogP contribution in [0, 0.1) is 0 Å². The molecule has 5 heteroatoms. The Morgan fingerprint density at radius 1 is 1.67 bits per heavy atom. The molecule has 0 aliphatic heterocycles. The van der Waals surface area contributed by atoms with Crippen molar-refractivity contribution in [1.29, 1.82) is 0 Å². The van der Waals surface area contributed by atoms with E-state index in [-0.39, 0.29) is 29.9 Å². The Bertz CT molecular complexity index is 34.5. The summed E-state index contributed by atoms with van der Waals surface area (Å²) in [7, 11) is 0. The van der Waals surface area contributed by atoms with Crippen molar-refractivity contribution in [2.45, 2.75) is 0 Å². The predicted molar refractivity (Wildman–Crippen MR) is 30.8 cm³/mol. The van der Waals surface area contributed by atoms with Gasteiger partial charge in [0.1, 0.15) is 4.32 Å². The summed E-state index contributed by atoms with van der Waals surface area (Å²) in [6.45, 7) is 0. The predicted octanol–water partition coefficient (Wildman–Crippen LogP) is 0.319. The van der Waals surface area contributed by atoms with Crippen LogP contribution < -0.4 is 11.9 Å². The van der Waals surface area contributed by atoms with Gasteiger partial charge in [0, 0.05) is 19.5 Å². The topological polar surface area (TPSA) is 61.0 Å². The second kappa shape index (κ2) is 9.27. The van der Waals surface area contributed by atoms with Gasteiger partial charge < -0.3 is 11.9 Å². The van der Waals surface area contributed by atoms with Gasteiger partial charge in [0.25, 0.3) is 0 Å². The van der Waals surface area contributed by atoms with Gasteiger partial charge in [-0.1, -0.05) is 12.2 Å². The minimum Gasteiger partial charge on any atom is -0.385 e. The molecule has 0 bridgehead atoms. The van der Waals surface area contributed by atoms with Crippen LogP contribution >= 0.6 is 24.8 Å². The molecule has 0 rings (SSSR count). The van der Waals surface area contributed by atoms with Gasteiger partial charge in [0.2, 0.25) is 0 Å². The van der Waals surface area contributed by atoms with E-state index in [2.05, 4.69) is 24.8 Å². The first-order valence-electron chi connectivity index (χ1n) is 0.716. The normalized spacial score (nSPS) is 4.17. The number of hydrogen-bond donors (Lipinski definition) is 3. The van der Waals surface area contributed by atoms with Crippen molar-refractivity contribution in [3.63, 3.8) is 0 Å². The molecule has 0 atom stereocenters. The van der Waals surface area contributed by atoms with E-state index in [1.165, 1.54) is 0 Å². The number of nitrogens with two attached hydrogens (primary N) is 1. The molecule has 2 nitrogen and oxygen atoms in total. The Balaban J connectivity index is -0.0000000450. The molecule has 0 unspecified atom stereocenters. The van der Waals surface area contributed by atoms with E-state index in [0.29, 0.717) is 0 Å². The van der Waals surface area contributed by atoms with Crippen LogP contribution in [0.1, 0.15) is 0 Å². The van der Waals surface area contributed by atoms with Gasteiger partial charge in [-0.25, -0.2) is 0 Å². The molecule has 6 heavy (non-hydrogen) atoms. The molecule has 0 amide bonds. The van der Waals surface area contributed by atoms with E-state index in [9.17, 15) is 0 Å². The van der Waals surface area contributed by atoms with Crippen molar-refractivity contribution in [3.05, 3.63) is 0 Å². The molecule has 0 heterocycles. The first-order chi connectivity index (χ1) is 1.73. The van der Waals surface area contributed by atoms with Gasteiger partial charge in [-0.15, -0.1) is 12.6 Å². The molecule has 0 fully saturated rings. The Labute approximate surface area is 60.6 Å². The molecular weight excluding hydrogens is 170 g/mol. The largest absolute Gasteiger partial charge is 0.385 e. The van der Waals surface area contributed by atoms with Crippen LogP contribution in [-0.4, -0.2) is 4.32 Å². The van der Waals surface area contributed by atoms with Gasteiger partial charge in [-0.2, -0.15) is 0 Å². The van der Waals surface area contributed by atoms with E-state index < -0.39 is 0 Å². The van der Waals surface area contributed by atoms with Crippen LogP contribution in [0.15, 0.2) is 0 Å². The maximum atomic E-state index is 4.71. The van der Waals surface area contributed by atoms with Gasteiger partial charge in [-0.3, -0.25) is 0 Å². The smallest absolute Gasteiger partial charge is 0.128 e. The van der Waals surface area contributed by atoms with E-state index in [4.69, 9.17) is 5.73 Å². The molecule has 5 N–H and O–H groups in total. The molecular formula is CH6N2S2Zn. The summed E-state index contributed by atoms with van der Waals surface area (Å²) >= 11 is 7.65. The molecule has 0 aromatic heterocycles. The monoisotopic (exact) mass is 174 g/mol. The number of thiol groups is 1. The van der Waals surface area contributed by atoms with Gasteiger partial charge in [-0.05, 0) is 0 Å².